The third-order valence-corrected chi connectivity index (χ3v) is 7.12. The smallest absolute Gasteiger partial charge is 0.102 e. The van der Waals surface area contributed by atoms with Crippen molar-refractivity contribution >= 4 is 46.4 Å². The van der Waals surface area contributed by atoms with Crippen LogP contribution in [0.2, 0.25) is 0 Å². The first-order valence-corrected chi connectivity index (χ1v) is 7.64. The molecule has 0 nitrogen and oxygen atoms in total. The lowest BCUT2D eigenvalue weighted by Crippen LogP contribution is -2.22. The predicted octanol–water partition coefficient (Wildman–Crippen LogP) is 5.47. The Morgan fingerprint density at radius 3 is 1.50 bits per heavy atom. The molecule has 0 aromatic heterocycles. The van der Waals surface area contributed by atoms with E-state index in [0.29, 0.717) is 0 Å². The maximum absolute atomic E-state index is 6.58. The third-order valence-electron chi connectivity index (χ3n) is 5.13. The van der Waals surface area contributed by atoms with Gasteiger partial charge >= 0.3 is 0 Å². The van der Waals surface area contributed by atoms with Gasteiger partial charge in [-0.1, -0.05) is 25.7 Å². The van der Waals surface area contributed by atoms with E-state index in [1.807, 2.05) is 0 Å². The fourth-order valence-electron chi connectivity index (χ4n) is 4.42. The molecule has 0 N–H and O–H groups in total. The van der Waals surface area contributed by atoms with Crippen LogP contribution in [0.25, 0.3) is 0 Å². The number of halogens is 4. The van der Waals surface area contributed by atoms with Crippen molar-refractivity contribution in [3.63, 3.8) is 0 Å². The minimum atomic E-state index is -0.600. The van der Waals surface area contributed by atoms with Crippen molar-refractivity contribution in [2.24, 2.45) is 10.8 Å². The van der Waals surface area contributed by atoms with Crippen molar-refractivity contribution in [3.05, 3.63) is 0 Å². The van der Waals surface area contributed by atoms with Gasteiger partial charge in [-0.05, 0) is 25.7 Å². The molecule has 0 aromatic rings. The zero-order chi connectivity index (χ0) is 11.7. The van der Waals surface area contributed by atoms with Crippen molar-refractivity contribution in [1.82, 2.24) is 0 Å². The summed E-state index contributed by atoms with van der Waals surface area (Å²) in [6.45, 7) is 0. The molecule has 3 saturated carbocycles. The van der Waals surface area contributed by atoms with Crippen molar-refractivity contribution in [1.29, 1.82) is 0 Å². The maximum atomic E-state index is 6.58. The molecule has 0 unspecified atom stereocenters. The van der Waals surface area contributed by atoms with Crippen LogP contribution < -0.4 is 0 Å². The monoisotopic (exact) mass is 300 g/mol. The first kappa shape index (κ1) is 12.2. The van der Waals surface area contributed by atoms with E-state index in [9.17, 15) is 0 Å². The van der Waals surface area contributed by atoms with E-state index < -0.39 is 8.67 Å². The molecule has 4 heteroatoms. The van der Waals surface area contributed by atoms with Crippen molar-refractivity contribution in [2.75, 3.05) is 0 Å². The van der Waals surface area contributed by atoms with E-state index in [2.05, 4.69) is 0 Å². The Bertz CT molecular complexity index is 297. The Labute approximate surface area is 117 Å². The highest BCUT2D eigenvalue weighted by atomic mass is 35.5. The molecule has 3 rings (SSSR count). The number of alkyl halides is 4. The van der Waals surface area contributed by atoms with Gasteiger partial charge in [-0.15, -0.1) is 46.4 Å². The molecule has 92 valence electrons. The minimum Gasteiger partial charge on any atom is -0.102 e. The Balaban J connectivity index is 1.98. The number of rotatable bonds is 0. The van der Waals surface area contributed by atoms with Crippen molar-refractivity contribution < 1.29 is 0 Å². The first-order valence-electron chi connectivity index (χ1n) is 6.13. The van der Waals surface area contributed by atoms with Crippen molar-refractivity contribution in [3.8, 4) is 0 Å². The highest BCUT2D eigenvalue weighted by Gasteiger charge is 2.89. The van der Waals surface area contributed by atoms with Crippen LogP contribution in [0.5, 0.6) is 0 Å². The number of hydrogen-bond donors (Lipinski definition) is 0. The second kappa shape index (κ2) is 3.38. The van der Waals surface area contributed by atoms with Gasteiger partial charge in [0, 0.05) is 10.8 Å². The molecule has 0 aliphatic heterocycles. The number of hydrogen-bond acceptors (Lipinski definition) is 0. The Kier molecular flexibility index (Phi) is 2.58. The molecule has 0 bridgehead atoms. The second-order valence-corrected chi connectivity index (χ2v) is 8.83. The molecular weight excluding hydrogens is 286 g/mol. The van der Waals surface area contributed by atoms with Crippen LogP contribution in [-0.2, 0) is 0 Å². The fraction of sp³-hybridized carbons (Fsp3) is 1.00. The van der Waals surface area contributed by atoms with Crippen molar-refractivity contribution in [2.45, 2.75) is 60.0 Å². The van der Waals surface area contributed by atoms with E-state index >= 15 is 0 Å². The van der Waals surface area contributed by atoms with Gasteiger partial charge in [0.05, 0.1) is 0 Å². The largest absolute Gasteiger partial charge is 0.130 e. The second-order valence-electron chi connectivity index (χ2n) is 5.86. The average molecular weight is 302 g/mol. The quantitative estimate of drug-likeness (QED) is 0.521. The van der Waals surface area contributed by atoms with Gasteiger partial charge in [0.1, 0.15) is 8.67 Å². The molecular formula is C12H16Cl4. The van der Waals surface area contributed by atoms with Crippen LogP contribution in [-0.4, -0.2) is 8.67 Å². The van der Waals surface area contributed by atoms with Crippen LogP contribution >= 0.6 is 46.4 Å². The lowest BCUT2D eigenvalue weighted by atomic mass is 9.84. The maximum Gasteiger partial charge on any atom is 0.130 e. The molecule has 0 amide bonds. The van der Waals surface area contributed by atoms with E-state index in [4.69, 9.17) is 46.4 Å². The summed E-state index contributed by atoms with van der Waals surface area (Å²) in [6.07, 6.45) is 8.76. The third kappa shape index (κ3) is 1.26. The van der Waals surface area contributed by atoms with E-state index in [-0.39, 0.29) is 10.8 Å². The van der Waals surface area contributed by atoms with Crippen LogP contribution in [0.4, 0.5) is 0 Å². The highest BCUT2D eigenvalue weighted by molar-refractivity contribution is 6.54. The van der Waals surface area contributed by atoms with E-state index in [1.54, 1.807) is 0 Å². The molecule has 0 aromatic carbocycles. The molecule has 0 heterocycles. The molecule has 0 spiro atoms. The molecule has 16 heavy (non-hydrogen) atoms. The van der Waals surface area contributed by atoms with Crippen LogP contribution in [0.3, 0.4) is 0 Å². The van der Waals surface area contributed by atoms with Crippen LogP contribution in [0, 0.1) is 10.8 Å². The lowest BCUT2D eigenvalue weighted by molar-refractivity contribution is 0.301. The Morgan fingerprint density at radius 1 is 0.625 bits per heavy atom. The molecule has 0 radical (unpaired) electrons. The summed E-state index contributed by atoms with van der Waals surface area (Å²) in [4.78, 5) is 0. The van der Waals surface area contributed by atoms with Gasteiger partial charge in [-0.3, -0.25) is 0 Å². The Morgan fingerprint density at radius 2 is 1.06 bits per heavy atom. The van der Waals surface area contributed by atoms with Gasteiger partial charge in [0.15, 0.2) is 0 Å². The zero-order valence-electron chi connectivity index (χ0n) is 9.17. The summed E-state index contributed by atoms with van der Waals surface area (Å²) in [5.41, 5.74) is 0.0140. The summed E-state index contributed by atoms with van der Waals surface area (Å²) in [5.74, 6) is 0. The van der Waals surface area contributed by atoms with E-state index in [0.717, 1.165) is 25.7 Å². The normalized spacial score (nSPS) is 48.8. The lowest BCUT2D eigenvalue weighted by Gasteiger charge is -2.23. The summed E-state index contributed by atoms with van der Waals surface area (Å²) in [7, 11) is 0. The van der Waals surface area contributed by atoms with Gasteiger partial charge < -0.3 is 0 Å². The summed E-state index contributed by atoms with van der Waals surface area (Å²) in [5, 5.41) is 0. The minimum absolute atomic E-state index is 0.00698. The molecule has 2 atom stereocenters. The SMILES string of the molecule is ClC1(Cl)C[C@@]23CCCCCC[C@@]2(C1)C3(Cl)Cl. The zero-order valence-corrected chi connectivity index (χ0v) is 12.2. The molecule has 0 saturated heterocycles. The summed E-state index contributed by atoms with van der Waals surface area (Å²) in [6, 6.07) is 0. The van der Waals surface area contributed by atoms with Gasteiger partial charge in [-0.25, -0.2) is 0 Å². The Hall–Kier alpha value is 1.16. The summed E-state index contributed by atoms with van der Waals surface area (Å²) >= 11 is 25.8. The fourth-order valence-corrected chi connectivity index (χ4v) is 6.61. The standard InChI is InChI=1S/C12H16Cl4/c13-11(14)7-9-5-3-1-2-4-6-10(9,8-11)12(9,15)16/h1-8H2/t9-,10-/m0/s1. The molecule has 3 aliphatic rings. The predicted molar refractivity (Wildman–Crippen MR) is 70.7 cm³/mol. The van der Waals surface area contributed by atoms with Gasteiger partial charge in [0.2, 0.25) is 0 Å². The van der Waals surface area contributed by atoms with Gasteiger partial charge in [-0.2, -0.15) is 0 Å². The van der Waals surface area contributed by atoms with Crippen LogP contribution in [0.1, 0.15) is 51.4 Å². The summed E-state index contributed by atoms with van der Waals surface area (Å²) < 4.78 is -1.17. The van der Waals surface area contributed by atoms with E-state index in [1.165, 1.54) is 25.7 Å². The molecule has 3 aliphatic carbocycles. The molecule has 3 fully saturated rings. The first-order chi connectivity index (χ1) is 7.37. The van der Waals surface area contributed by atoms with Gasteiger partial charge in [0.25, 0.3) is 0 Å². The topological polar surface area (TPSA) is 0 Å². The van der Waals surface area contributed by atoms with Crippen LogP contribution in [0.15, 0.2) is 0 Å². The average Bonchev–Trinajstić information content (AvgIpc) is 2.42. The highest BCUT2D eigenvalue weighted by Crippen LogP contribution is 2.90.